The number of benzene rings is 2. The smallest absolute Gasteiger partial charge is 0.225 e. The van der Waals surface area contributed by atoms with E-state index < -0.39 is 0 Å². The van der Waals surface area contributed by atoms with E-state index in [9.17, 15) is 4.79 Å². The van der Waals surface area contributed by atoms with E-state index in [1.165, 1.54) is 0 Å². The van der Waals surface area contributed by atoms with Crippen molar-refractivity contribution in [3.05, 3.63) is 48.4 Å². The van der Waals surface area contributed by atoms with Gasteiger partial charge in [-0.05, 0) is 36.6 Å². The number of para-hydroxylation sites is 1. The molecule has 0 spiro atoms. The monoisotopic (exact) mass is 364 g/mol. The molecule has 0 bridgehead atoms. The maximum absolute atomic E-state index is 12.5. The van der Waals surface area contributed by atoms with Gasteiger partial charge < -0.3 is 14.1 Å². The molecule has 4 rings (SSSR count). The molecule has 1 aromatic heterocycles. The fourth-order valence-corrected chi connectivity index (χ4v) is 3.76. The van der Waals surface area contributed by atoms with Gasteiger partial charge in [-0.25, -0.2) is 4.98 Å². The lowest BCUT2D eigenvalue weighted by Crippen LogP contribution is -2.33. The van der Waals surface area contributed by atoms with E-state index in [1.54, 1.807) is 7.11 Å². The van der Waals surface area contributed by atoms with E-state index in [0.717, 1.165) is 47.4 Å². The van der Waals surface area contributed by atoms with Gasteiger partial charge in [0.1, 0.15) is 17.3 Å². The van der Waals surface area contributed by atoms with Crippen LogP contribution >= 0.6 is 0 Å². The molecule has 1 saturated heterocycles. The molecule has 2 heterocycles. The zero-order valence-electron chi connectivity index (χ0n) is 15.9. The summed E-state index contributed by atoms with van der Waals surface area (Å²) in [6, 6.07) is 13.8. The average Bonchev–Trinajstić information content (AvgIpc) is 3.33. The van der Waals surface area contributed by atoms with Crippen LogP contribution in [-0.4, -0.2) is 29.4 Å². The van der Waals surface area contributed by atoms with Crippen molar-refractivity contribution in [1.82, 2.24) is 9.88 Å². The quantitative estimate of drug-likeness (QED) is 0.666. The van der Waals surface area contributed by atoms with Crippen LogP contribution in [0.25, 0.3) is 22.2 Å². The highest BCUT2D eigenvalue weighted by atomic mass is 16.5. The molecule has 1 atom stereocenters. The van der Waals surface area contributed by atoms with Crippen LogP contribution in [0.2, 0.25) is 0 Å². The van der Waals surface area contributed by atoms with Gasteiger partial charge in [-0.2, -0.15) is 0 Å². The first-order valence-electron chi connectivity index (χ1n) is 9.43. The maximum Gasteiger partial charge on any atom is 0.225 e. The summed E-state index contributed by atoms with van der Waals surface area (Å²) in [7, 11) is 1.67. The molecule has 27 heavy (non-hydrogen) atoms. The Labute approximate surface area is 158 Å². The van der Waals surface area contributed by atoms with Gasteiger partial charge in [0.25, 0.3) is 0 Å². The number of oxazole rings is 1. The number of carbonyl (C=O) groups is 1. The summed E-state index contributed by atoms with van der Waals surface area (Å²) >= 11 is 0. The molecule has 5 heteroatoms. The highest BCUT2D eigenvalue weighted by Crippen LogP contribution is 2.36. The van der Waals surface area contributed by atoms with Crippen LogP contribution in [0.1, 0.15) is 38.6 Å². The van der Waals surface area contributed by atoms with Gasteiger partial charge in [0.05, 0.1) is 7.11 Å². The topological polar surface area (TPSA) is 55.6 Å². The molecule has 0 aliphatic carbocycles. The molecule has 3 aromatic rings. The number of rotatable bonds is 4. The van der Waals surface area contributed by atoms with Crippen molar-refractivity contribution >= 4 is 17.0 Å². The molecular weight excluding hydrogens is 340 g/mol. The van der Waals surface area contributed by atoms with Crippen molar-refractivity contribution in [2.24, 2.45) is 5.92 Å². The van der Waals surface area contributed by atoms with Crippen LogP contribution in [0.4, 0.5) is 0 Å². The summed E-state index contributed by atoms with van der Waals surface area (Å²) in [5.74, 6) is 1.60. The van der Waals surface area contributed by atoms with Crippen molar-refractivity contribution < 1.29 is 13.9 Å². The van der Waals surface area contributed by atoms with E-state index in [0.29, 0.717) is 5.89 Å². The van der Waals surface area contributed by atoms with Crippen LogP contribution < -0.4 is 4.74 Å². The summed E-state index contributed by atoms with van der Waals surface area (Å²) in [6.45, 7) is 4.64. The molecule has 140 valence electrons. The number of fused-ring (bicyclic) bond motifs is 1. The first kappa shape index (κ1) is 17.6. The zero-order chi connectivity index (χ0) is 19.0. The van der Waals surface area contributed by atoms with Crippen molar-refractivity contribution in [1.29, 1.82) is 0 Å². The second-order valence-corrected chi connectivity index (χ2v) is 7.28. The minimum absolute atomic E-state index is 0.0212. The predicted octanol–water partition coefficient (Wildman–Crippen LogP) is 4.82. The number of aromatic nitrogens is 1. The third-order valence-electron chi connectivity index (χ3n) is 5.14. The number of ether oxygens (including phenoxy) is 1. The second-order valence-electron chi connectivity index (χ2n) is 7.28. The van der Waals surface area contributed by atoms with Gasteiger partial charge in [0, 0.05) is 18.0 Å². The van der Waals surface area contributed by atoms with Crippen molar-refractivity contribution in [2.75, 3.05) is 13.7 Å². The molecule has 0 N–H and O–H groups in total. The molecule has 0 unspecified atom stereocenters. The number of likely N-dealkylation sites (tertiary alicyclic amines) is 1. The summed E-state index contributed by atoms with van der Waals surface area (Å²) < 4.78 is 11.5. The third-order valence-corrected chi connectivity index (χ3v) is 5.14. The zero-order valence-corrected chi connectivity index (χ0v) is 15.9. The maximum atomic E-state index is 12.5. The lowest BCUT2D eigenvalue weighted by Gasteiger charge is -2.24. The molecule has 1 fully saturated rings. The first-order valence-corrected chi connectivity index (χ1v) is 9.43. The Morgan fingerprint density at radius 2 is 2.07 bits per heavy atom. The Morgan fingerprint density at radius 1 is 1.26 bits per heavy atom. The second kappa shape index (κ2) is 7.06. The predicted molar refractivity (Wildman–Crippen MR) is 105 cm³/mol. The Balaban J connectivity index is 1.70. The van der Waals surface area contributed by atoms with Gasteiger partial charge in [0.15, 0.2) is 5.58 Å². The molecule has 1 amide bonds. The fraction of sp³-hybridized carbons (Fsp3) is 0.364. The lowest BCUT2D eigenvalue weighted by atomic mass is 10.0. The highest BCUT2D eigenvalue weighted by molar-refractivity contribution is 5.83. The Kier molecular flexibility index (Phi) is 4.60. The fourth-order valence-electron chi connectivity index (χ4n) is 3.76. The summed E-state index contributed by atoms with van der Waals surface area (Å²) in [5.41, 5.74) is 3.59. The molecule has 1 aliphatic rings. The number of nitrogens with zero attached hydrogens (tertiary/aromatic N) is 2. The summed E-state index contributed by atoms with van der Waals surface area (Å²) in [5, 5.41) is 0. The number of hydrogen-bond acceptors (Lipinski definition) is 4. The molecule has 0 radical (unpaired) electrons. The number of carbonyl (C=O) groups excluding carboxylic acids is 1. The summed E-state index contributed by atoms with van der Waals surface area (Å²) in [4.78, 5) is 19.1. The number of methoxy groups -OCH3 is 1. The number of amides is 1. The van der Waals surface area contributed by atoms with Crippen LogP contribution in [0.15, 0.2) is 46.9 Å². The molecule has 5 nitrogen and oxygen atoms in total. The molecule has 2 aromatic carbocycles. The average molecular weight is 364 g/mol. The van der Waals surface area contributed by atoms with E-state index in [2.05, 4.69) is 0 Å². The Morgan fingerprint density at radius 3 is 2.85 bits per heavy atom. The van der Waals surface area contributed by atoms with E-state index in [1.807, 2.05) is 61.2 Å². The van der Waals surface area contributed by atoms with Gasteiger partial charge in [-0.1, -0.05) is 38.1 Å². The van der Waals surface area contributed by atoms with Crippen LogP contribution in [0.5, 0.6) is 5.75 Å². The van der Waals surface area contributed by atoms with Crippen LogP contribution in [0, 0.1) is 5.92 Å². The number of hydrogen-bond donors (Lipinski definition) is 0. The van der Waals surface area contributed by atoms with Gasteiger partial charge >= 0.3 is 0 Å². The first-order chi connectivity index (χ1) is 13.1. The van der Waals surface area contributed by atoms with Gasteiger partial charge in [-0.3, -0.25) is 4.79 Å². The molecular formula is C22H24N2O3. The van der Waals surface area contributed by atoms with Crippen molar-refractivity contribution in [3.8, 4) is 16.9 Å². The largest absolute Gasteiger partial charge is 0.496 e. The minimum Gasteiger partial charge on any atom is -0.496 e. The standard InChI is InChI=1S/C22H24N2O3/c1-14(2)22(25)24-12-6-8-18(24)21-23-17-13-15(10-11-20(17)27-21)16-7-4-5-9-19(16)26-3/h4-5,7,9-11,13-14,18H,6,8,12H2,1-3H3/t18-/m0/s1. The molecule has 1 aliphatic heterocycles. The van der Waals surface area contributed by atoms with E-state index in [-0.39, 0.29) is 17.9 Å². The SMILES string of the molecule is COc1ccccc1-c1ccc2oc([C@@H]3CCCN3C(=O)C(C)C)nc2c1. The van der Waals surface area contributed by atoms with Crippen molar-refractivity contribution in [3.63, 3.8) is 0 Å². The van der Waals surface area contributed by atoms with Crippen LogP contribution in [-0.2, 0) is 4.79 Å². The summed E-state index contributed by atoms with van der Waals surface area (Å²) in [6.07, 6.45) is 1.87. The van der Waals surface area contributed by atoms with Crippen LogP contribution in [0.3, 0.4) is 0 Å². The minimum atomic E-state index is -0.0676. The Bertz CT molecular complexity index is 977. The lowest BCUT2D eigenvalue weighted by molar-refractivity contribution is -0.135. The highest BCUT2D eigenvalue weighted by Gasteiger charge is 2.34. The van der Waals surface area contributed by atoms with Crippen molar-refractivity contribution in [2.45, 2.75) is 32.7 Å². The Hall–Kier alpha value is -2.82. The van der Waals surface area contributed by atoms with Gasteiger partial charge in [-0.15, -0.1) is 0 Å². The molecule has 0 saturated carbocycles. The van der Waals surface area contributed by atoms with E-state index >= 15 is 0 Å². The van der Waals surface area contributed by atoms with Gasteiger partial charge in [0.2, 0.25) is 11.8 Å². The normalized spacial score (nSPS) is 17.0. The van der Waals surface area contributed by atoms with E-state index in [4.69, 9.17) is 14.1 Å². The third kappa shape index (κ3) is 3.18.